The van der Waals surface area contributed by atoms with Crippen LogP contribution in [0.5, 0.6) is 0 Å². The van der Waals surface area contributed by atoms with Gasteiger partial charge in [-0.3, -0.25) is 0 Å². The molecule has 0 bridgehead atoms. The molecule has 0 amide bonds. The molecule has 0 unspecified atom stereocenters. The second-order valence-electron chi connectivity index (χ2n) is 5.62. The second kappa shape index (κ2) is 8.10. The molecule has 2 fully saturated rings. The largest absolute Gasteiger partial charge is 0.381 e. The molecule has 106 valence electrons. The molecule has 2 heterocycles. The molecule has 0 spiro atoms. The number of nitrogens with one attached hydrogen (secondary N) is 1. The van der Waals surface area contributed by atoms with Crippen molar-refractivity contribution < 1.29 is 4.74 Å². The van der Waals surface area contributed by atoms with E-state index in [-0.39, 0.29) is 0 Å². The van der Waals surface area contributed by atoms with Crippen LogP contribution in [0, 0.1) is 0 Å². The summed E-state index contributed by atoms with van der Waals surface area (Å²) >= 11 is 0. The Labute approximate surface area is 112 Å². The first kappa shape index (κ1) is 14.3. The predicted octanol–water partition coefficient (Wildman–Crippen LogP) is 0.783. The number of unbranched alkanes of at least 4 members (excludes halogenated alkanes) is 1. The zero-order valence-corrected chi connectivity index (χ0v) is 11.9. The molecular formula is C14H29N3O. The van der Waals surface area contributed by atoms with E-state index in [0.29, 0.717) is 0 Å². The van der Waals surface area contributed by atoms with E-state index in [1.54, 1.807) is 0 Å². The summed E-state index contributed by atoms with van der Waals surface area (Å²) in [6, 6.07) is 0.762. The summed E-state index contributed by atoms with van der Waals surface area (Å²) in [5.74, 6) is 0. The van der Waals surface area contributed by atoms with Gasteiger partial charge in [0.15, 0.2) is 0 Å². The smallest absolute Gasteiger partial charge is 0.0480 e. The van der Waals surface area contributed by atoms with Gasteiger partial charge in [-0.2, -0.15) is 0 Å². The summed E-state index contributed by atoms with van der Waals surface area (Å²) in [6.45, 7) is 9.24. The van der Waals surface area contributed by atoms with Crippen molar-refractivity contribution in [3.05, 3.63) is 0 Å². The molecule has 18 heavy (non-hydrogen) atoms. The Morgan fingerprint density at radius 1 is 1.17 bits per heavy atom. The maximum atomic E-state index is 5.42. The fraction of sp³-hybridized carbons (Fsp3) is 1.00. The average Bonchev–Trinajstić information content (AvgIpc) is 2.45. The lowest BCUT2D eigenvalue weighted by molar-refractivity contribution is 0.0424. The molecule has 2 aliphatic rings. The van der Waals surface area contributed by atoms with Crippen molar-refractivity contribution >= 4 is 0 Å². The fourth-order valence-electron chi connectivity index (χ4n) is 2.94. The van der Waals surface area contributed by atoms with E-state index < -0.39 is 0 Å². The van der Waals surface area contributed by atoms with Gasteiger partial charge in [0.2, 0.25) is 0 Å². The monoisotopic (exact) mass is 255 g/mol. The third kappa shape index (κ3) is 4.84. The normalized spacial score (nSPS) is 23.7. The molecule has 1 N–H and O–H groups in total. The predicted molar refractivity (Wildman–Crippen MR) is 75.0 cm³/mol. The zero-order chi connectivity index (χ0) is 12.6. The van der Waals surface area contributed by atoms with Crippen LogP contribution in [0.2, 0.25) is 0 Å². The molecule has 0 radical (unpaired) electrons. The maximum absolute atomic E-state index is 5.42. The second-order valence-corrected chi connectivity index (χ2v) is 5.62. The van der Waals surface area contributed by atoms with Crippen LogP contribution in [0.1, 0.15) is 25.7 Å². The molecule has 0 aromatic rings. The van der Waals surface area contributed by atoms with Crippen molar-refractivity contribution in [3.63, 3.8) is 0 Å². The molecule has 2 rings (SSSR count). The van der Waals surface area contributed by atoms with Crippen LogP contribution in [0.15, 0.2) is 0 Å². The lowest BCUT2D eigenvalue weighted by atomic mass is 10.1. The minimum Gasteiger partial charge on any atom is -0.381 e. The number of nitrogens with zero attached hydrogens (tertiary/aromatic N) is 2. The maximum Gasteiger partial charge on any atom is 0.0480 e. The Morgan fingerprint density at radius 2 is 1.89 bits per heavy atom. The minimum absolute atomic E-state index is 0.762. The first-order valence-corrected chi connectivity index (χ1v) is 7.57. The first-order valence-electron chi connectivity index (χ1n) is 7.57. The lowest BCUT2D eigenvalue weighted by Crippen LogP contribution is -2.44. The number of ether oxygens (including phenoxy) is 1. The van der Waals surface area contributed by atoms with Crippen LogP contribution in [0.25, 0.3) is 0 Å². The van der Waals surface area contributed by atoms with Crippen molar-refractivity contribution in [3.8, 4) is 0 Å². The fourth-order valence-corrected chi connectivity index (χ4v) is 2.94. The lowest BCUT2D eigenvalue weighted by Gasteiger charge is -2.31. The summed E-state index contributed by atoms with van der Waals surface area (Å²) in [5, 5.41) is 3.40. The third-order valence-electron chi connectivity index (χ3n) is 4.26. The highest BCUT2D eigenvalue weighted by atomic mass is 16.5. The van der Waals surface area contributed by atoms with E-state index in [4.69, 9.17) is 4.74 Å². The van der Waals surface area contributed by atoms with Crippen LogP contribution in [0.4, 0.5) is 0 Å². The Balaban J connectivity index is 1.51. The van der Waals surface area contributed by atoms with Crippen molar-refractivity contribution in [2.75, 3.05) is 59.5 Å². The Kier molecular flexibility index (Phi) is 6.41. The topological polar surface area (TPSA) is 27.7 Å². The van der Waals surface area contributed by atoms with E-state index in [0.717, 1.165) is 19.3 Å². The van der Waals surface area contributed by atoms with Gasteiger partial charge in [0.1, 0.15) is 0 Å². The van der Waals surface area contributed by atoms with Gasteiger partial charge in [0.05, 0.1) is 0 Å². The summed E-state index contributed by atoms with van der Waals surface area (Å²) in [4.78, 5) is 5.13. The van der Waals surface area contributed by atoms with Gasteiger partial charge in [0, 0.05) is 45.4 Å². The van der Waals surface area contributed by atoms with E-state index in [1.165, 1.54) is 65.0 Å². The summed E-state index contributed by atoms with van der Waals surface area (Å²) in [7, 11) is 2.28. The van der Waals surface area contributed by atoms with E-state index in [9.17, 15) is 0 Å². The first-order chi connectivity index (χ1) is 8.86. The molecule has 4 heteroatoms. The van der Waals surface area contributed by atoms with Crippen LogP contribution >= 0.6 is 0 Å². The van der Waals surface area contributed by atoms with Crippen molar-refractivity contribution in [1.82, 2.24) is 15.1 Å². The van der Waals surface area contributed by atoms with E-state index in [2.05, 4.69) is 22.2 Å². The van der Waals surface area contributed by atoms with E-state index in [1.807, 2.05) is 0 Å². The third-order valence-corrected chi connectivity index (χ3v) is 4.26. The van der Waals surface area contributed by atoms with Crippen LogP contribution in [-0.2, 0) is 4.74 Å². The summed E-state index contributed by atoms with van der Waals surface area (Å²) in [6.07, 6.45) is 5.11. The molecule has 2 aliphatic heterocycles. The van der Waals surface area contributed by atoms with Gasteiger partial charge in [0.25, 0.3) is 0 Å². The molecule has 0 aromatic heterocycles. The zero-order valence-electron chi connectivity index (χ0n) is 11.9. The molecular weight excluding hydrogens is 226 g/mol. The van der Waals surface area contributed by atoms with Crippen LogP contribution in [0.3, 0.4) is 0 Å². The Morgan fingerprint density at radius 3 is 2.61 bits per heavy atom. The van der Waals surface area contributed by atoms with Gasteiger partial charge in [-0.25, -0.2) is 0 Å². The van der Waals surface area contributed by atoms with Gasteiger partial charge >= 0.3 is 0 Å². The quantitative estimate of drug-likeness (QED) is 0.710. The van der Waals surface area contributed by atoms with Crippen molar-refractivity contribution in [2.45, 2.75) is 31.7 Å². The number of hydrogen-bond donors (Lipinski definition) is 1. The highest BCUT2D eigenvalue weighted by molar-refractivity contribution is 4.72. The summed E-state index contributed by atoms with van der Waals surface area (Å²) < 4.78 is 5.42. The number of hydrogen-bond acceptors (Lipinski definition) is 4. The number of piperazine rings is 1. The SMILES string of the molecule is CN(CCCCN1CCNCC1)C1CCOCC1. The minimum atomic E-state index is 0.762. The van der Waals surface area contributed by atoms with Gasteiger partial charge in [-0.15, -0.1) is 0 Å². The molecule has 0 aromatic carbocycles. The van der Waals surface area contributed by atoms with E-state index >= 15 is 0 Å². The van der Waals surface area contributed by atoms with Crippen LogP contribution in [-0.4, -0.2) is 75.4 Å². The highest BCUT2D eigenvalue weighted by Crippen LogP contribution is 2.13. The Hall–Kier alpha value is -0.160. The molecule has 0 atom stereocenters. The number of rotatable bonds is 6. The van der Waals surface area contributed by atoms with Gasteiger partial charge in [-0.1, -0.05) is 0 Å². The Bertz CT molecular complexity index is 213. The molecule has 0 aliphatic carbocycles. The van der Waals surface area contributed by atoms with Crippen molar-refractivity contribution in [1.29, 1.82) is 0 Å². The van der Waals surface area contributed by atoms with Crippen LogP contribution < -0.4 is 5.32 Å². The highest BCUT2D eigenvalue weighted by Gasteiger charge is 2.17. The van der Waals surface area contributed by atoms with Gasteiger partial charge in [-0.05, 0) is 45.8 Å². The van der Waals surface area contributed by atoms with Gasteiger partial charge < -0.3 is 19.9 Å². The standard InChI is InChI=1S/C14H29N3O/c1-16(14-4-12-18-13-5-14)8-2-3-9-17-10-6-15-7-11-17/h14-15H,2-13H2,1H3. The molecule has 2 saturated heterocycles. The molecule has 0 saturated carbocycles. The van der Waals surface area contributed by atoms with Crippen molar-refractivity contribution in [2.24, 2.45) is 0 Å². The average molecular weight is 255 g/mol. The summed E-state index contributed by atoms with van der Waals surface area (Å²) in [5.41, 5.74) is 0. The molecule has 4 nitrogen and oxygen atoms in total.